The number of hydrogen-bond acceptors (Lipinski definition) is 3. The quantitative estimate of drug-likeness (QED) is 0.892. The highest BCUT2D eigenvalue weighted by Crippen LogP contribution is 2.17. The molecule has 0 spiro atoms. The lowest BCUT2D eigenvalue weighted by Gasteiger charge is -2.08. The zero-order valence-corrected chi connectivity index (χ0v) is 13.4. The highest BCUT2D eigenvalue weighted by Gasteiger charge is 2.14. The molecule has 2 rings (SSSR count). The molecule has 0 aliphatic carbocycles. The molecular formula is C14H15BrN2O2S. The van der Waals surface area contributed by atoms with Gasteiger partial charge in [0.15, 0.2) is 0 Å². The molecule has 2 aromatic rings. The molecule has 0 aliphatic heterocycles. The molecule has 0 unspecified atom stereocenters. The van der Waals surface area contributed by atoms with E-state index in [0.29, 0.717) is 5.82 Å². The fraction of sp³-hybridized carbons (Fsp3) is 0.214. The van der Waals surface area contributed by atoms with Crippen LogP contribution in [-0.4, -0.2) is 13.4 Å². The van der Waals surface area contributed by atoms with Gasteiger partial charge in [0.2, 0.25) is 0 Å². The van der Waals surface area contributed by atoms with Gasteiger partial charge >= 0.3 is 0 Å². The molecule has 1 aromatic carbocycles. The van der Waals surface area contributed by atoms with Crippen molar-refractivity contribution in [2.75, 3.05) is 4.72 Å². The second kappa shape index (κ2) is 6.37. The summed E-state index contributed by atoms with van der Waals surface area (Å²) >= 11 is 3.25. The third-order valence-corrected chi connectivity index (χ3v) is 4.58. The van der Waals surface area contributed by atoms with Crippen molar-refractivity contribution in [1.29, 1.82) is 0 Å². The van der Waals surface area contributed by atoms with Crippen LogP contribution in [0.15, 0.2) is 52.0 Å². The summed E-state index contributed by atoms with van der Waals surface area (Å²) in [6.07, 6.45) is 3.53. The standard InChI is InChI=1S/C14H15BrN2O2S/c1-2-3-11-4-7-13(8-5-11)20(18,19)17-14-9-6-12(15)10-16-14/h4-10H,2-3H2,1H3,(H,16,17). The van der Waals surface area contributed by atoms with Gasteiger partial charge in [-0.05, 0) is 52.2 Å². The fourth-order valence-corrected chi connectivity index (χ4v) is 3.00. The summed E-state index contributed by atoms with van der Waals surface area (Å²) in [5, 5.41) is 0. The van der Waals surface area contributed by atoms with Crippen LogP contribution >= 0.6 is 15.9 Å². The maximum absolute atomic E-state index is 12.2. The molecule has 20 heavy (non-hydrogen) atoms. The summed E-state index contributed by atoms with van der Waals surface area (Å²) in [5.41, 5.74) is 1.13. The van der Waals surface area contributed by atoms with Crippen LogP contribution in [0.5, 0.6) is 0 Å². The number of halogens is 1. The highest BCUT2D eigenvalue weighted by atomic mass is 79.9. The van der Waals surface area contributed by atoms with Crippen molar-refractivity contribution in [2.45, 2.75) is 24.7 Å². The normalized spacial score (nSPS) is 11.3. The molecule has 0 amide bonds. The van der Waals surface area contributed by atoms with Crippen molar-refractivity contribution in [2.24, 2.45) is 0 Å². The molecule has 6 heteroatoms. The van der Waals surface area contributed by atoms with Crippen LogP contribution in [0.3, 0.4) is 0 Å². The van der Waals surface area contributed by atoms with E-state index in [1.165, 1.54) is 0 Å². The number of anilines is 1. The molecule has 0 radical (unpaired) electrons. The molecular weight excluding hydrogens is 340 g/mol. The van der Waals surface area contributed by atoms with Gasteiger partial charge in [-0.3, -0.25) is 4.72 Å². The largest absolute Gasteiger partial charge is 0.263 e. The predicted octanol–water partition coefficient (Wildman–Crippen LogP) is 3.60. The lowest BCUT2D eigenvalue weighted by molar-refractivity contribution is 0.601. The van der Waals surface area contributed by atoms with Gasteiger partial charge in [-0.1, -0.05) is 25.5 Å². The van der Waals surface area contributed by atoms with Gasteiger partial charge < -0.3 is 0 Å². The van der Waals surface area contributed by atoms with Crippen LogP contribution in [-0.2, 0) is 16.4 Å². The Kier molecular flexibility index (Phi) is 4.77. The summed E-state index contributed by atoms with van der Waals surface area (Å²) in [4.78, 5) is 4.24. The second-order valence-corrected chi connectivity index (χ2v) is 6.96. The molecule has 4 nitrogen and oxygen atoms in total. The van der Waals surface area contributed by atoms with Crippen LogP contribution in [0.4, 0.5) is 5.82 Å². The first-order valence-electron chi connectivity index (χ1n) is 6.24. The number of nitrogens with zero attached hydrogens (tertiary/aromatic N) is 1. The molecule has 0 aliphatic rings. The van der Waals surface area contributed by atoms with E-state index in [1.54, 1.807) is 30.5 Å². The van der Waals surface area contributed by atoms with Gasteiger partial charge in [0.05, 0.1) is 4.90 Å². The Morgan fingerprint density at radius 1 is 1.15 bits per heavy atom. The first kappa shape index (κ1) is 15.0. The minimum Gasteiger partial charge on any atom is -0.263 e. The molecule has 0 saturated carbocycles. The maximum Gasteiger partial charge on any atom is 0.263 e. The van der Waals surface area contributed by atoms with Crippen molar-refractivity contribution in [3.63, 3.8) is 0 Å². The summed E-state index contributed by atoms with van der Waals surface area (Å²) in [6, 6.07) is 10.3. The van der Waals surface area contributed by atoms with Crippen molar-refractivity contribution in [1.82, 2.24) is 4.98 Å². The average Bonchev–Trinajstić information content (AvgIpc) is 2.42. The van der Waals surface area contributed by atoms with E-state index in [9.17, 15) is 8.42 Å². The molecule has 1 aromatic heterocycles. The Labute approximate surface area is 127 Å². The second-order valence-electron chi connectivity index (χ2n) is 4.36. The number of aromatic nitrogens is 1. The number of nitrogens with one attached hydrogen (secondary N) is 1. The van der Waals surface area contributed by atoms with Crippen molar-refractivity contribution in [3.05, 3.63) is 52.6 Å². The highest BCUT2D eigenvalue weighted by molar-refractivity contribution is 9.10. The number of rotatable bonds is 5. The first-order chi connectivity index (χ1) is 9.51. The molecule has 1 N–H and O–H groups in total. The number of pyridine rings is 1. The van der Waals surface area contributed by atoms with Crippen molar-refractivity contribution in [3.8, 4) is 0 Å². The third kappa shape index (κ3) is 3.80. The van der Waals surface area contributed by atoms with E-state index >= 15 is 0 Å². The van der Waals surface area contributed by atoms with Gasteiger partial charge in [0, 0.05) is 10.7 Å². The van der Waals surface area contributed by atoms with E-state index in [-0.39, 0.29) is 4.90 Å². The van der Waals surface area contributed by atoms with E-state index in [4.69, 9.17) is 0 Å². The van der Waals surface area contributed by atoms with Crippen LogP contribution < -0.4 is 4.72 Å². The Hall–Kier alpha value is -1.40. The van der Waals surface area contributed by atoms with E-state index < -0.39 is 10.0 Å². The van der Waals surface area contributed by atoms with Crippen molar-refractivity contribution < 1.29 is 8.42 Å². The zero-order chi connectivity index (χ0) is 14.6. The molecule has 1 heterocycles. The van der Waals surface area contributed by atoms with Gasteiger partial charge in [-0.15, -0.1) is 0 Å². The summed E-state index contributed by atoms with van der Waals surface area (Å²) < 4.78 is 27.6. The molecule has 0 fully saturated rings. The predicted molar refractivity (Wildman–Crippen MR) is 83.2 cm³/mol. The number of benzene rings is 1. The molecule has 0 bridgehead atoms. The summed E-state index contributed by atoms with van der Waals surface area (Å²) in [6.45, 7) is 2.09. The maximum atomic E-state index is 12.2. The summed E-state index contributed by atoms with van der Waals surface area (Å²) in [7, 11) is -3.59. The zero-order valence-electron chi connectivity index (χ0n) is 11.0. The van der Waals surface area contributed by atoms with E-state index in [1.807, 2.05) is 12.1 Å². The first-order valence-corrected chi connectivity index (χ1v) is 8.52. The minimum absolute atomic E-state index is 0.238. The Morgan fingerprint density at radius 3 is 2.40 bits per heavy atom. The minimum atomic E-state index is -3.59. The van der Waals surface area contributed by atoms with Crippen LogP contribution in [0.1, 0.15) is 18.9 Å². The van der Waals surface area contributed by atoms with Crippen molar-refractivity contribution >= 4 is 31.8 Å². The SMILES string of the molecule is CCCc1ccc(S(=O)(=O)Nc2ccc(Br)cn2)cc1. The number of hydrogen-bond donors (Lipinski definition) is 1. The van der Waals surface area contributed by atoms with Crippen LogP contribution in [0, 0.1) is 0 Å². The molecule has 0 atom stereocenters. The molecule has 106 valence electrons. The lowest BCUT2D eigenvalue weighted by Crippen LogP contribution is -2.13. The lowest BCUT2D eigenvalue weighted by atomic mass is 10.1. The molecule has 0 saturated heterocycles. The summed E-state index contributed by atoms with van der Waals surface area (Å²) in [5.74, 6) is 0.297. The van der Waals surface area contributed by atoms with Crippen LogP contribution in [0.2, 0.25) is 0 Å². The number of sulfonamides is 1. The Balaban J connectivity index is 2.19. The van der Waals surface area contributed by atoms with Crippen LogP contribution in [0.25, 0.3) is 0 Å². The van der Waals surface area contributed by atoms with Gasteiger partial charge in [-0.25, -0.2) is 13.4 Å². The smallest absolute Gasteiger partial charge is 0.263 e. The topological polar surface area (TPSA) is 59.1 Å². The average molecular weight is 355 g/mol. The Bertz CT molecular complexity index is 667. The van der Waals surface area contributed by atoms with E-state index in [0.717, 1.165) is 22.9 Å². The Morgan fingerprint density at radius 2 is 1.85 bits per heavy atom. The van der Waals surface area contributed by atoms with Gasteiger partial charge in [0.1, 0.15) is 5.82 Å². The van der Waals surface area contributed by atoms with E-state index in [2.05, 4.69) is 32.6 Å². The number of aryl methyl sites for hydroxylation is 1. The van der Waals surface area contributed by atoms with Gasteiger partial charge in [-0.2, -0.15) is 0 Å². The monoisotopic (exact) mass is 354 g/mol. The third-order valence-electron chi connectivity index (χ3n) is 2.74. The fourth-order valence-electron chi connectivity index (χ4n) is 1.76. The van der Waals surface area contributed by atoms with Gasteiger partial charge in [0.25, 0.3) is 10.0 Å².